The Labute approximate surface area is 199 Å². The maximum atomic E-state index is 12.9. The molecule has 174 valence electrons. The Morgan fingerprint density at radius 3 is 2.33 bits per heavy atom. The van der Waals surface area contributed by atoms with Crippen LogP contribution in [0.3, 0.4) is 0 Å². The zero-order valence-electron chi connectivity index (χ0n) is 19.5. The molecule has 1 aliphatic rings. The van der Waals surface area contributed by atoms with Crippen LogP contribution in [0.5, 0.6) is 0 Å². The molecule has 7 nitrogen and oxygen atoms in total. The number of carbonyl (C=O) groups is 1. The third kappa shape index (κ3) is 5.39. The van der Waals surface area contributed by atoms with E-state index in [0.717, 1.165) is 54.4 Å². The second kappa shape index (κ2) is 10.9. The van der Waals surface area contributed by atoms with Gasteiger partial charge in [-0.2, -0.15) is 0 Å². The van der Waals surface area contributed by atoms with E-state index in [9.17, 15) is 4.79 Å². The molecule has 1 N–H and O–H groups in total. The van der Waals surface area contributed by atoms with E-state index in [2.05, 4.69) is 83.6 Å². The van der Waals surface area contributed by atoms with E-state index in [4.69, 9.17) is 4.74 Å². The molecule has 0 bridgehead atoms. The smallest absolute Gasteiger partial charge is 0.234 e. The third-order valence-corrected chi connectivity index (χ3v) is 6.73. The van der Waals surface area contributed by atoms with E-state index in [1.54, 1.807) is 0 Å². The number of amides is 1. The van der Waals surface area contributed by atoms with Crippen LogP contribution in [0.15, 0.2) is 47.6 Å². The highest BCUT2D eigenvalue weighted by Gasteiger charge is 2.22. The average Bonchev–Trinajstić information content (AvgIpc) is 3.28. The Morgan fingerprint density at radius 2 is 1.70 bits per heavy atom. The molecule has 1 fully saturated rings. The normalized spacial score (nSPS) is 13.8. The van der Waals surface area contributed by atoms with E-state index >= 15 is 0 Å². The lowest BCUT2D eigenvalue weighted by atomic mass is 10.0. The number of aryl methyl sites for hydroxylation is 3. The van der Waals surface area contributed by atoms with Crippen molar-refractivity contribution in [2.45, 2.75) is 38.8 Å². The number of para-hydroxylation sites is 1. The van der Waals surface area contributed by atoms with Crippen molar-refractivity contribution >= 4 is 29.3 Å². The van der Waals surface area contributed by atoms with E-state index < -0.39 is 0 Å². The number of anilines is 2. The average molecular weight is 466 g/mol. The molecule has 0 spiro atoms. The van der Waals surface area contributed by atoms with Gasteiger partial charge in [0.2, 0.25) is 11.9 Å². The van der Waals surface area contributed by atoms with Crippen molar-refractivity contribution in [3.63, 3.8) is 0 Å². The van der Waals surface area contributed by atoms with Gasteiger partial charge in [0.05, 0.1) is 24.7 Å². The number of ether oxygens (including phenoxy) is 1. The fraction of sp³-hybridized carbons (Fsp3) is 0.400. The van der Waals surface area contributed by atoms with Gasteiger partial charge < -0.3 is 15.0 Å². The molecule has 2 heterocycles. The van der Waals surface area contributed by atoms with Gasteiger partial charge in [0.1, 0.15) is 0 Å². The molecule has 0 atom stereocenters. The van der Waals surface area contributed by atoms with Crippen LogP contribution in [0, 0.1) is 6.92 Å². The Hall–Kier alpha value is -2.84. The van der Waals surface area contributed by atoms with Gasteiger partial charge in [-0.3, -0.25) is 9.36 Å². The predicted molar refractivity (Wildman–Crippen MR) is 134 cm³/mol. The minimum Gasteiger partial charge on any atom is -0.378 e. The number of nitrogens with zero attached hydrogens (tertiary/aromatic N) is 4. The van der Waals surface area contributed by atoms with Gasteiger partial charge in [0.25, 0.3) is 0 Å². The summed E-state index contributed by atoms with van der Waals surface area (Å²) in [6.45, 7) is 9.15. The molecule has 0 unspecified atom stereocenters. The van der Waals surface area contributed by atoms with E-state index in [-0.39, 0.29) is 11.7 Å². The molecule has 8 heteroatoms. The minimum absolute atomic E-state index is 0.0398. The zero-order valence-corrected chi connectivity index (χ0v) is 20.3. The summed E-state index contributed by atoms with van der Waals surface area (Å²) in [4.78, 5) is 15.1. The molecule has 0 saturated carbocycles. The first-order valence-electron chi connectivity index (χ1n) is 11.5. The number of thioether (sulfide) groups is 1. The lowest BCUT2D eigenvalue weighted by molar-refractivity contribution is -0.113. The topological polar surface area (TPSA) is 72.3 Å². The van der Waals surface area contributed by atoms with Crippen LogP contribution in [-0.4, -0.2) is 52.7 Å². The number of carbonyl (C=O) groups excluding carboxylic acids is 1. The molecule has 4 rings (SSSR count). The summed E-state index contributed by atoms with van der Waals surface area (Å²) >= 11 is 1.40. The molecule has 33 heavy (non-hydrogen) atoms. The number of hydrogen-bond acceptors (Lipinski definition) is 6. The number of morpholine rings is 1. The second-order valence-corrected chi connectivity index (χ2v) is 8.99. The number of nitrogens with one attached hydrogen (secondary N) is 1. The molecule has 0 radical (unpaired) electrons. The van der Waals surface area contributed by atoms with Gasteiger partial charge in [-0.25, -0.2) is 0 Å². The lowest BCUT2D eigenvalue weighted by Crippen LogP contribution is -2.37. The fourth-order valence-electron chi connectivity index (χ4n) is 3.95. The van der Waals surface area contributed by atoms with Crippen molar-refractivity contribution in [3.8, 4) is 5.69 Å². The van der Waals surface area contributed by atoms with Crippen molar-refractivity contribution in [1.82, 2.24) is 14.8 Å². The van der Waals surface area contributed by atoms with Crippen molar-refractivity contribution in [3.05, 3.63) is 59.2 Å². The SMILES string of the molecule is CCc1cccc(CC)c1NC(=O)CSc1nnc(N2CCOCC2)n1-c1ccc(C)cc1. The number of rotatable bonds is 8. The standard InChI is InChI=1S/C25H31N5O2S/c1-4-19-7-6-8-20(5-2)23(19)26-22(31)17-33-25-28-27-24(29-13-15-32-16-14-29)30(25)21-11-9-18(3)10-12-21/h6-12H,4-5,13-17H2,1-3H3,(H,26,31). The molecule has 1 aromatic heterocycles. The van der Waals surface area contributed by atoms with Crippen LogP contribution in [0.1, 0.15) is 30.5 Å². The van der Waals surface area contributed by atoms with E-state index in [0.29, 0.717) is 18.4 Å². The number of aromatic nitrogens is 3. The molecule has 1 aliphatic heterocycles. The van der Waals surface area contributed by atoms with Crippen LogP contribution in [-0.2, 0) is 22.4 Å². The molecule has 1 saturated heterocycles. The summed E-state index contributed by atoms with van der Waals surface area (Å²) in [5.74, 6) is 1.01. The second-order valence-electron chi connectivity index (χ2n) is 8.05. The molecule has 0 aliphatic carbocycles. The molecule has 1 amide bonds. The Morgan fingerprint density at radius 1 is 1.03 bits per heavy atom. The van der Waals surface area contributed by atoms with Gasteiger partial charge in [-0.15, -0.1) is 10.2 Å². The van der Waals surface area contributed by atoms with Gasteiger partial charge in [0, 0.05) is 18.8 Å². The zero-order chi connectivity index (χ0) is 23.2. The Bertz CT molecular complexity index is 1070. The van der Waals surface area contributed by atoms with Crippen molar-refractivity contribution in [2.24, 2.45) is 0 Å². The third-order valence-electron chi connectivity index (χ3n) is 5.80. The summed E-state index contributed by atoms with van der Waals surface area (Å²) in [6, 6.07) is 14.5. The maximum absolute atomic E-state index is 12.9. The molecule has 2 aromatic carbocycles. The van der Waals surface area contributed by atoms with Crippen LogP contribution >= 0.6 is 11.8 Å². The highest BCUT2D eigenvalue weighted by atomic mass is 32.2. The number of benzene rings is 2. The molecular weight excluding hydrogens is 434 g/mol. The van der Waals surface area contributed by atoms with Gasteiger partial charge in [-0.1, -0.05) is 61.5 Å². The maximum Gasteiger partial charge on any atom is 0.234 e. The Balaban J connectivity index is 1.55. The highest BCUT2D eigenvalue weighted by Crippen LogP contribution is 2.28. The molecule has 3 aromatic rings. The fourth-order valence-corrected chi connectivity index (χ4v) is 4.70. The van der Waals surface area contributed by atoms with Gasteiger partial charge >= 0.3 is 0 Å². The van der Waals surface area contributed by atoms with Gasteiger partial charge in [0.15, 0.2) is 5.16 Å². The van der Waals surface area contributed by atoms with Crippen LogP contribution in [0.2, 0.25) is 0 Å². The van der Waals surface area contributed by atoms with E-state index in [1.165, 1.54) is 17.3 Å². The summed E-state index contributed by atoms with van der Waals surface area (Å²) in [5.41, 5.74) is 5.44. The van der Waals surface area contributed by atoms with Crippen LogP contribution < -0.4 is 10.2 Å². The van der Waals surface area contributed by atoms with Crippen LogP contribution in [0.25, 0.3) is 5.69 Å². The quantitative estimate of drug-likeness (QED) is 0.501. The highest BCUT2D eigenvalue weighted by molar-refractivity contribution is 7.99. The lowest BCUT2D eigenvalue weighted by Gasteiger charge is -2.28. The van der Waals surface area contributed by atoms with Crippen molar-refractivity contribution in [1.29, 1.82) is 0 Å². The monoisotopic (exact) mass is 465 g/mol. The number of hydrogen-bond donors (Lipinski definition) is 1. The minimum atomic E-state index is -0.0398. The van der Waals surface area contributed by atoms with E-state index in [1.807, 2.05) is 4.57 Å². The summed E-state index contributed by atoms with van der Waals surface area (Å²) in [7, 11) is 0. The first-order valence-corrected chi connectivity index (χ1v) is 12.5. The van der Waals surface area contributed by atoms with Crippen molar-refractivity contribution < 1.29 is 9.53 Å². The Kier molecular flexibility index (Phi) is 7.67. The van der Waals surface area contributed by atoms with Crippen LogP contribution in [0.4, 0.5) is 11.6 Å². The summed E-state index contributed by atoms with van der Waals surface area (Å²) < 4.78 is 7.55. The largest absolute Gasteiger partial charge is 0.378 e. The first-order chi connectivity index (χ1) is 16.1. The van der Waals surface area contributed by atoms with Crippen molar-refractivity contribution in [2.75, 3.05) is 42.3 Å². The summed E-state index contributed by atoms with van der Waals surface area (Å²) in [6.07, 6.45) is 1.75. The summed E-state index contributed by atoms with van der Waals surface area (Å²) in [5, 5.41) is 12.8. The predicted octanol–water partition coefficient (Wildman–Crippen LogP) is 4.27. The first kappa shape index (κ1) is 23.3. The molecular formula is C25H31N5O2S. The van der Waals surface area contributed by atoms with Gasteiger partial charge in [-0.05, 0) is 43.0 Å².